The minimum absolute atomic E-state index is 0.136. The molecule has 1 aromatic heterocycles. The van der Waals surface area contributed by atoms with Gasteiger partial charge in [-0.2, -0.15) is 0 Å². The minimum Gasteiger partial charge on any atom is -0.480 e. The molecule has 4 rings (SSSR count). The molecule has 30 heavy (non-hydrogen) atoms. The number of morpholine rings is 1. The van der Waals surface area contributed by atoms with E-state index >= 15 is 0 Å². The van der Waals surface area contributed by atoms with Crippen molar-refractivity contribution in [3.8, 4) is 5.75 Å². The Morgan fingerprint density at radius 2 is 1.93 bits per heavy atom. The summed E-state index contributed by atoms with van der Waals surface area (Å²) in [4.78, 5) is 26.5. The Morgan fingerprint density at radius 3 is 2.70 bits per heavy atom. The molecule has 2 aliphatic rings. The number of carbonyl (C=O) groups is 1. The quantitative estimate of drug-likeness (QED) is 0.682. The predicted molar refractivity (Wildman–Crippen MR) is 113 cm³/mol. The Labute approximate surface area is 176 Å². The summed E-state index contributed by atoms with van der Waals surface area (Å²) in [6, 6.07) is 3.80. The molecule has 1 aliphatic heterocycles. The molecule has 2 N–H and O–H groups in total. The molecule has 0 bridgehead atoms. The van der Waals surface area contributed by atoms with Gasteiger partial charge in [0.05, 0.1) is 31.7 Å². The van der Waals surface area contributed by atoms with Gasteiger partial charge >= 0.3 is 5.63 Å². The van der Waals surface area contributed by atoms with E-state index in [9.17, 15) is 9.59 Å². The number of rotatable bonds is 6. The lowest BCUT2D eigenvalue weighted by Gasteiger charge is -2.24. The van der Waals surface area contributed by atoms with Gasteiger partial charge in [-0.15, -0.1) is 0 Å². The molecule has 1 amide bonds. The summed E-state index contributed by atoms with van der Waals surface area (Å²) < 4.78 is 17.1. The average molecular weight is 416 g/mol. The molecule has 0 radical (unpaired) electrons. The zero-order valence-corrected chi connectivity index (χ0v) is 17.8. The fourth-order valence-corrected chi connectivity index (χ4v) is 4.42. The zero-order valence-electron chi connectivity index (χ0n) is 17.8. The Bertz CT molecular complexity index is 978. The van der Waals surface area contributed by atoms with Crippen LogP contribution in [0.4, 0.5) is 0 Å². The molecule has 7 nitrogen and oxygen atoms in total. The molecule has 0 unspecified atom stereocenters. The Balaban J connectivity index is 1.49. The lowest BCUT2D eigenvalue weighted by Crippen LogP contribution is -3.14. The van der Waals surface area contributed by atoms with Gasteiger partial charge in [0.1, 0.15) is 24.4 Å². The van der Waals surface area contributed by atoms with Crippen molar-refractivity contribution >= 4 is 16.9 Å². The highest BCUT2D eigenvalue weighted by Gasteiger charge is 2.23. The first-order valence-electron chi connectivity index (χ1n) is 11.0. The van der Waals surface area contributed by atoms with Crippen LogP contribution < -0.4 is 20.6 Å². The van der Waals surface area contributed by atoms with Crippen LogP contribution in [0.5, 0.6) is 5.75 Å². The van der Waals surface area contributed by atoms with Gasteiger partial charge in [0.25, 0.3) is 5.91 Å². The smallest absolute Gasteiger partial charge is 0.339 e. The number of carbonyl (C=O) groups excluding carboxylic acids is 1. The molecule has 2 aromatic rings. The fourth-order valence-electron chi connectivity index (χ4n) is 4.42. The van der Waals surface area contributed by atoms with Crippen molar-refractivity contribution in [2.24, 2.45) is 0 Å². The van der Waals surface area contributed by atoms with Crippen molar-refractivity contribution in [2.45, 2.75) is 45.6 Å². The van der Waals surface area contributed by atoms with E-state index in [1.54, 1.807) is 6.92 Å². The molecule has 1 aliphatic carbocycles. The van der Waals surface area contributed by atoms with Crippen LogP contribution in [-0.2, 0) is 22.4 Å². The monoisotopic (exact) mass is 415 g/mol. The van der Waals surface area contributed by atoms with Gasteiger partial charge in [-0.3, -0.25) is 4.79 Å². The highest BCUT2D eigenvalue weighted by Crippen LogP contribution is 2.35. The summed E-state index contributed by atoms with van der Waals surface area (Å²) in [7, 11) is 0. The summed E-state index contributed by atoms with van der Waals surface area (Å²) in [5.74, 6) is 0.483. The summed E-state index contributed by atoms with van der Waals surface area (Å²) >= 11 is 0. The van der Waals surface area contributed by atoms with Crippen LogP contribution in [0.15, 0.2) is 21.3 Å². The first kappa shape index (κ1) is 20.9. The molecule has 1 atom stereocenters. The second kappa shape index (κ2) is 9.18. The van der Waals surface area contributed by atoms with E-state index in [0.29, 0.717) is 17.9 Å². The number of ether oxygens (including phenoxy) is 2. The maximum absolute atomic E-state index is 12.6. The van der Waals surface area contributed by atoms with Crippen LogP contribution in [0.2, 0.25) is 0 Å². The lowest BCUT2D eigenvalue weighted by molar-refractivity contribution is -0.906. The van der Waals surface area contributed by atoms with E-state index in [4.69, 9.17) is 13.9 Å². The average Bonchev–Trinajstić information content (AvgIpc) is 2.74. The molecular formula is C23H31N2O5+. The predicted octanol–water partition coefficient (Wildman–Crippen LogP) is 0.779. The van der Waals surface area contributed by atoms with Gasteiger partial charge in [-0.05, 0) is 62.8 Å². The van der Waals surface area contributed by atoms with Crippen LogP contribution in [-0.4, -0.2) is 51.4 Å². The van der Waals surface area contributed by atoms with E-state index in [1.807, 2.05) is 19.1 Å². The number of hydrogen-bond acceptors (Lipinski definition) is 5. The minimum atomic E-state index is -0.638. The van der Waals surface area contributed by atoms with Crippen LogP contribution >= 0.6 is 0 Å². The molecule has 0 saturated carbocycles. The maximum Gasteiger partial charge on any atom is 0.339 e. The number of aryl methyl sites for hydroxylation is 2. The third-order valence-corrected chi connectivity index (χ3v) is 6.08. The van der Waals surface area contributed by atoms with Gasteiger partial charge in [0.2, 0.25) is 0 Å². The molecule has 1 aromatic carbocycles. The van der Waals surface area contributed by atoms with Gasteiger partial charge in [-0.25, -0.2) is 4.79 Å². The Morgan fingerprint density at radius 1 is 1.20 bits per heavy atom. The number of hydrogen-bond donors (Lipinski definition) is 2. The van der Waals surface area contributed by atoms with Crippen molar-refractivity contribution in [3.63, 3.8) is 0 Å². The Hall–Kier alpha value is -2.38. The highest BCUT2D eigenvalue weighted by atomic mass is 16.5. The second-order valence-electron chi connectivity index (χ2n) is 8.35. The zero-order chi connectivity index (χ0) is 21.1. The topological polar surface area (TPSA) is 82.2 Å². The number of benzene rings is 1. The summed E-state index contributed by atoms with van der Waals surface area (Å²) in [6.45, 7) is 8.71. The number of amides is 1. The number of fused-ring (bicyclic) bond motifs is 3. The Kier molecular flexibility index (Phi) is 6.39. The summed E-state index contributed by atoms with van der Waals surface area (Å²) in [5.41, 5.74) is 3.00. The third kappa shape index (κ3) is 4.52. The number of nitrogens with one attached hydrogen (secondary N) is 2. The first-order valence-corrected chi connectivity index (χ1v) is 11.0. The van der Waals surface area contributed by atoms with E-state index < -0.39 is 6.10 Å². The standard InChI is InChI=1S/C23H30N2O5/c1-15-13-19(21-17-5-3-4-6-18(17)23(27)30-20(21)14-15)29-16(2)22(26)24-7-8-25-9-11-28-12-10-25/h13-14,16H,3-12H2,1-2H3,(H,24,26)/p+1/t16-/m1/s1. The molecule has 162 valence electrons. The van der Waals surface area contributed by atoms with E-state index in [0.717, 1.165) is 80.6 Å². The fraction of sp³-hybridized carbons (Fsp3) is 0.565. The van der Waals surface area contributed by atoms with Crippen molar-refractivity contribution in [3.05, 3.63) is 39.2 Å². The number of quaternary nitrogens is 1. The van der Waals surface area contributed by atoms with Gasteiger partial charge in [0.15, 0.2) is 6.10 Å². The molecule has 1 saturated heterocycles. The van der Waals surface area contributed by atoms with Gasteiger partial charge < -0.3 is 24.1 Å². The van der Waals surface area contributed by atoms with E-state index in [-0.39, 0.29) is 11.5 Å². The first-order chi connectivity index (χ1) is 14.5. The van der Waals surface area contributed by atoms with E-state index in [1.165, 1.54) is 4.90 Å². The van der Waals surface area contributed by atoms with Crippen LogP contribution in [0.1, 0.15) is 36.5 Å². The third-order valence-electron chi connectivity index (χ3n) is 6.08. The molecule has 0 spiro atoms. The van der Waals surface area contributed by atoms with Crippen LogP contribution in [0.3, 0.4) is 0 Å². The maximum atomic E-state index is 12.6. The van der Waals surface area contributed by atoms with E-state index in [2.05, 4.69) is 5.32 Å². The molecule has 1 fully saturated rings. The van der Waals surface area contributed by atoms with Crippen molar-refractivity contribution in [1.29, 1.82) is 0 Å². The van der Waals surface area contributed by atoms with Crippen LogP contribution in [0, 0.1) is 6.92 Å². The normalized spacial score (nSPS) is 18.1. The lowest BCUT2D eigenvalue weighted by atomic mass is 9.90. The molecule has 2 heterocycles. The van der Waals surface area contributed by atoms with Crippen molar-refractivity contribution < 1.29 is 23.6 Å². The van der Waals surface area contributed by atoms with Gasteiger partial charge in [-0.1, -0.05) is 0 Å². The largest absolute Gasteiger partial charge is 0.480 e. The summed E-state index contributed by atoms with van der Waals surface area (Å²) in [5, 5.41) is 3.83. The van der Waals surface area contributed by atoms with Gasteiger partial charge in [0, 0.05) is 5.56 Å². The van der Waals surface area contributed by atoms with Crippen molar-refractivity contribution in [2.75, 3.05) is 39.4 Å². The summed E-state index contributed by atoms with van der Waals surface area (Å²) in [6.07, 6.45) is 2.97. The van der Waals surface area contributed by atoms with Crippen molar-refractivity contribution in [1.82, 2.24) is 5.32 Å². The molecule has 7 heteroatoms. The van der Waals surface area contributed by atoms with Crippen LogP contribution in [0.25, 0.3) is 11.0 Å². The highest BCUT2D eigenvalue weighted by molar-refractivity contribution is 5.89. The second-order valence-corrected chi connectivity index (χ2v) is 8.35. The SMILES string of the molecule is Cc1cc(O[C@H](C)C(=O)NCC[NH+]2CCOCC2)c2c3c(c(=O)oc2c1)CCCC3. The molecular weight excluding hydrogens is 384 g/mol.